The van der Waals surface area contributed by atoms with Gasteiger partial charge in [-0.25, -0.2) is 8.78 Å². The molecule has 11 heteroatoms. The summed E-state index contributed by atoms with van der Waals surface area (Å²) >= 11 is 0. The van der Waals surface area contributed by atoms with E-state index in [1.807, 2.05) is 19.6 Å². The van der Waals surface area contributed by atoms with Gasteiger partial charge in [0.05, 0.1) is 8.07 Å². The summed E-state index contributed by atoms with van der Waals surface area (Å²) in [4.78, 5) is 25.6. The summed E-state index contributed by atoms with van der Waals surface area (Å²) in [5, 5.41) is 12.8. The lowest BCUT2D eigenvalue weighted by Gasteiger charge is -2.30. The van der Waals surface area contributed by atoms with Crippen LogP contribution in [-0.2, 0) is 20.7 Å². The van der Waals surface area contributed by atoms with Crippen molar-refractivity contribution in [3.8, 4) is 0 Å². The van der Waals surface area contributed by atoms with Gasteiger partial charge in [-0.2, -0.15) is 0 Å². The molecule has 8 nitrogen and oxygen atoms in total. The quantitative estimate of drug-likeness (QED) is 0.607. The maximum absolute atomic E-state index is 14.6. The van der Waals surface area contributed by atoms with Gasteiger partial charge in [-0.1, -0.05) is 19.6 Å². The van der Waals surface area contributed by atoms with Crippen LogP contribution in [0.25, 0.3) is 0 Å². The Kier molecular flexibility index (Phi) is 7.39. The number of amides is 2. The highest BCUT2D eigenvalue weighted by Gasteiger charge is 2.32. The molecule has 32 heavy (non-hydrogen) atoms. The van der Waals surface area contributed by atoms with Crippen molar-refractivity contribution in [2.45, 2.75) is 51.9 Å². The fraction of sp³-hybridized carbons (Fsp3) is 0.524. The van der Waals surface area contributed by atoms with Gasteiger partial charge in [0.15, 0.2) is 0 Å². The lowest BCUT2D eigenvalue weighted by atomic mass is 9.91. The average molecular weight is 467 g/mol. The first-order valence-corrected chi connectivity index (χ1v) is 14.0. The van der Waals surface area contributed by atoms with Crippen molar-refractivity contribution in [2.75, 3.05) is 18.5 Å². The van der Waals surface area contributed by atoms with Crippen molar-refractivity contribution in [3.63, 3.8) is 0 Å². The van der Waals surface area contributed by atoms with Crippen LogP contribution in [0.2, 0.25) is 19.6 Å². The van der Waals surface area contributed by atoms with Crippen LogP contribution >= 0.6 is 0 Å². The number of carbonyl (C=O) groups excluding carboxylic acids is 2. The topological polar surface area (TPSA) is 106 Å². The largest absolute Gasteiger partial charge is 0.425 e. The summed E-state index contributed by atoms with van der Waals surface area (Å²) in [6.07, 6.45) is 0.951. The molecule has 1 unspecified atom stereocenters. The molecule has 2 aromatic rings. The third-order valence-electron chi connectivity index (χ3n) is 5.28. The number of ether oxygens (including phenoxy) is 1. The molecule has 2 amide bonds. The number of hydrogen-bond acceptors (Lipinski definition) is 6. The number of anilines is 1. The smallest absolute Gasteiger partial charge is 0.247 e. The SMILES string of the molecule is Cc1nnc(CC(=O)NC(C(=O)Nc2cc(F)c([Si](C)(C)C)c(F)c2)C2CCOCC2)o1. The van der Waals surface area contributed by atoms with Crippen molar-refractivity contribution < 1.29 is 27.5 Å². The minimum atomic E-state index is -2.24. The number of aromatic nitrogens is 2. The molecule has 1 aromatic carbocycles. The number of benzene rings is 1. The van der Waals surface area contributed by atoms with E-state index in [4.69, 9.17) is 9.15 Å². The molecule has 1 atom stereocenters. The van der Waals surface area contributed by atoms with E-state index in [1.165, 1.54) is 0 Å². The van der Waals surface area contributed by atoms with E-state index in [2.05, 4.69) is 20.8 Å². The van der Waals surface area contributed by atoms with Crippen LogP contribution in [-0.4, -0.2) is 49.3 Å². The standard InChI is InChI=1S/C21H28F2N4O4Si/c1-12-26-27-18(31-12)11-17(28)25-19(13-5-7-30-8-6-13)21(29)24-14-9-15(22)20(16(23)10-14)32(2,3)4/h9-10,13,19H,5-8,11H2,1-4H3,(H,24,29)(H,25,28). The lowest BCUT2D eigenvalue weighted by Crippen LogP contribution is -2.50. The number of halogens is 2. The number of carbonyl (C=O) groups is 2. The lowest BCUT2D eigenvalue weighted by molar-refractivity contribution is -0.128. The molecule has 1 aromatic heterocycles. The molecule has 0 bridgehead atoms. The van der Waals surface area contributed by atoms with Gasteiger partial charge in [-0.15, -0.1) is 10.2 Å². The molecular weight excluding hydrogens is 438 g/mol. The van der Waals surface area contributed by atoms with Gasteiger partial charge in [0, 0.05) is 31.0 Å². The highest BCUT2D eigenvalue weighted by molar-refractivity contribution is 6.88. The minimum absolute atomic E-state index is 0.00540. The van der Waals surface area contributed by atoms with Crippen LogP contribution in [0.5, 0.6) is 0 Å². The minimum Gasteiger partial charge on any atom is -0.425 e. The zero-order valence-electron chi connectivity index (χ0n) is 18.6. The highest BCUT2D eigenvalue weighted by Crippen LogP contribution is 2.22. The van der Waals surface area contributed by atoms with Crippen LogP contribution in [0.3, 0.4) is 0 Å². The molecule has 0 spiro atoms. The first kappa shape index (κ1) is 24.0. The van der Waals surface area contributed by atoms with Crippen molar-refractivity contribution >= 4 is 30.8 Å². The normalized spacial score (nSPS) is 15.9. The molecule has 0 radical (unpaired) electrons. The van der Waals surface area contributed by atoms with Crippen LogP contribution in [0.4, 0.5) is 14.5 Å². The Hall–Kier alpha value is -2.66. The Morgan fingerprint density at radius 2 is 1.78 bits per heavy atom. The molecule has 3 rings (SSSR count). The van der Waals surface area contributed by atoms with E-state index in [0.29, 0.717) is 31.9 Å². The van der Waals surface area contributed by atoms with Crippen molar-refractivity contribution in [3.05, 3.63) is 35.5 Å². The van der Waals surface area contributed by atoms with E-state index >= 15 is 0 Å². The fourth-order valence-electron chi connectivity index (χ4n) is 3.80. The van der Waals surface area contributed by atoms with E-state index < -0.39 is 37.6 Å². The number of aryl methyl sites for hydroxylation is 1. The van der Waals surface area contributed by atoms with Crippen molar-refractivity contribution in [2.24, 2.45) is 5.92 Å². The second-order valence-corrected chi connectivity index (χ2v) is 13.9. The zero-order valence-corrected chi connectivity index (χ0v) is 19.6. The van der Waals surface area contributed by atoms with Gasteiger partial charge in [0.1, 0.15) is 24.1 Å². The Bertz CT molecular complexity index is 963. The number of hydrogen-bond donors (Lipinski definition) is 2. The average Bonchev–Trinajstić information content (AvgIpc) is 3.09. The molecule has 1 saturated heterocycles. The fourth-order valence-corrected chi connectivity index (χ4v) is 5.38. The number of nitrogens with one attached hydrogen (secondary N) is 2. The van der Waals surface area contributed by atoms with Gasteiger partial charge in [-0.3, -0.25) is 9.59 Å². The third kappa shape index (κ3) is 5.97. The van der Waals surface area contributed by atoms with E-state index in [0.717, 1.165) is 12.1 Å². The Balaban J connectivity index is 1.77. The third-order valence-corrected chi connectivity index (χ3v) is 7.25. The molecule has 174 valence electrons. The maximum atomic E-state index is 14.6. The first-order chi connectivity index (χ1) is 15.0. The summed E-state index contributed by atoms with van der Waals surface area (Å²) in [6, 6.07) is 1.34. The number of rotatable bonds is 7. The molecule has 2 N–H and O–H groups in total. The van der Waals surface area contributed by atoms with Gasteiger partial charge in [-0.05, 0) is 30.9 Å². The molecule has 2 heterocycles. The van der Waals surface area contributed by atoms with Crippen LogP contribution in [0.15, 0.2) is 16.5 Å². The summed E-state index contributed by atoms with van der Waals surface area (Å²) in [6.45, 7) is 8.05. The van der Waals surface area contributed by atoms with E-state index in [1.54, 1.807) is 6.92 Å². The van der Waals surface area contributed by atoms with Gasteiger partial charge < -0.3 is 19.8 Å². The molecular formula is C21H28F2N4O4Si. The summed E-state index contributed by atoms with van der Waals surface area (Å²) in [5.41, 5.74) is 0.00540. The molecule has 1 aliphatic rings. The van der Waals surface area contributed by atoms with Gasteiger partial charge in [0.25, 0.3) is 0 Å². The predicted octanol–water partition coefficient (Wildman–Crippen LogP) is 2.29. The van der Waals surface area contributed by atoms with E-state index in [-0.39, 0.29) is 29.1 Å². The number of nitrogens with zero attached hydrogens (tertiary/aromatic N) is 2. The first-order valence-electron chi connectivity index (χ1n) is 10.5. The van der Waals surface area contributed by atoms with E-state index in [9.17, 15) is 18.4 Å². The van der Waals surface area contributed by atoms with Gasteiger partial charge in [0.2, 0.25) is 23.6 Å². The van der Waals surface area contributed by atoms with Crippen molar-refractivity contribution in [1.82, 2.24) is 15.5 Å². The molecule has 1 aliphatic heterocycles. The Morgan fingerprint density at radius 3 is 2.31 bits per heavy atom. The van der Waals surface area contributed by atoms with Crippen LogP contribution in [0.1, 0.15) is 24.6 Å². The van der Waals surface area contributed by atoms with Crippen molar-refractivity contribution in [1.29, 1.82) is 0 Å². The highest BCUT2D eigenvalue weighted by atomic mass is 28.3. The van der Waals surface area contributed by atoms with Crippen LogP contribution < -0.4 is 15.8 Å². The maximum Gasteiger partial charge on any atom is 0.247 e. The second kappa shape index (κ2) is 9.86. The Morgan fingerprint density at radius 1 is 1.16 bits per heavy atom. The molecule has 0 aliphatic carbocycles. The Labute approximate surface area is 186 Å². The zero-order chi connectivity index (χ0) is 23.5. The monoisotopic (exact) mass is 466 g/mol. The van der Waals surface area contributed by atoms with Crippen LogP contribution in [0, 0.1) is 24.5 Å². The summed E-state index contributed by atoms with van der Waals surface area (Å²) in [5.74, 6) is -2.10. The molecule has 1 fully saturated rings. The molecule has 0 saturated carbocycles. The second-order valence-electron chi connectivity index (χ2n) is 8.94. The predicted molar refractivity (Wildman–Crippen MR) is 116 cm³/mol. The summed E-state index contributed by atoms with van der Waals surface area (Å²) < 4.78 is 39.8. The van der Waals surface area contributed by atoms with Gasteiger partial charge >= 0.3 is 0 Å². The summed E-state index contributed by atoms with van der Waals surface area (Å²) in [7, 11) is -2.24.